The Kier molecular flexibility index (Phi) is 8.99. The van der Waals surface area contributed by atoms with Crippen molar-refractivity contribution in [3.63, 3.8) is 0 Å². The second-order valence-electron chi connectivity index (χ2n) is 7.71. The van der Waals surface area contributed by atoms with Crippen LogP contribution in [0.15, 0.2) is 60.7 Å². The molecule has 0 saturated carbocycles. The molecule has 0 heterocycles. The number of ether oxygens (including phenoxy) is 5. The summed E-state index contributed by atoms with van der Waals surface area (Å²) in [4.78, 5) is 26.7. The molecule has 0 fully saturated rings. The van der Waals surface area contributed by atoms with Gasteiger partial charge in [-0.2, -0.15) is 0 Å². The summed E-state index contributed by atoms with van der Waals surface area (Å²) in [6.45, 7) is 0.0691. The Bertz CT molecular complexity index is 1210. The number of carboxylic acid groups (broad SMARTS) is 1. The molecule has 0 aromatic heterocycles. The van der Waals surface area contributed by atoms with E-state index in [1.165, 1.54) is 13.2 Å². The number of carbonyl (C=O) groups excluding carboxylic acids is 1. The molecule has 190 valence electrons. The molecule has 36 heavy (non-hydrogen) atoms. The van der Waals surface area contributed by atoms with E-state index < -0.39 is 12.6 Å². The van der Waals surface area contributed by atoms with Gasteiger partial charge in [0.25, 0.3) is 5.91 Å². The molecule has 0 aliphatic carbocycles. The highest BCUT2D eigenvalue weighted by molar-refractivity contribution is 5.92. The van der Waals surface area contributed by atoms with Crippen LogP contribution in [0, 0.1) is 0 Å². The molecule has 0 aliphatic rings. The van der Waals surface area contributed by atoms with Crippen molar-refractivity contribution in [1.82, 2.24) is 4.90 Å². The van der Waals surface area contributed by atoms with Gasteiger partial charge in [0.05, 0.1) is 28.4 Å². The standard InChI is InChI=1S/C27H29NO8/c1-32-20-8-5-7-18(13-20)15-28(16-19-11-12-21(33-2)14-24(19)35-4)25(29)17-36-26-22(27(30)31)9-6-10-23(26)34-3/h5-14H,15-17H2,1-4H3,(H,30,31). The van der Waals surface area contributed by atoms with Crippen LogP contribution in [0.1, 0.15) is 21.5 Å². The van der Waals surface area contributed by atoms with Crippen LogP contribution in [0.5, 0.6) is 28.7 Å². The highest BCUT2D eigenvalue weighted by Crippen LogP contribution is 2.31. The molecule has 1 N–H and O–H groups in total. The third-order valence-electron chi connectivity index (χ3n) is 5.48. The molecule has 3 aromatic carbocycles. The Morgan fingerprint density at radius 1 is 0.778 bits per heavy atom. The maximum atomic E-state index is 13.4. The van der Waals surface area contributed by atoms with Crippen LogP contribution in [0.3, 0.4) is 0 Å². The third-order valence-corrected chi connectivity index (χ3v) is 5.48. The normalized spacial score (nSPS) is 10.3. The Morgan fingerprint density at radius 3 is 2.14 bits per heavy atom. The Hall–Kier alpha value is -4.40. The van der Waals surface area contributed by atoms with Crippen molar-refractivity contribution in [2.24, 2.45) is 0 Å². The van der Waals surface area contributed by atoms with E-state index in [9.17, 15) is 14.7 Å². The zero-order valence-electron chi connectivity index (χ0n) is 20.6. The largest absolute Gasteiger partial charge is 0.497 e. The first kappa shape index (κ1) is 26.2. The van der Waals surface area contributed by atoms with Gasteiger partial charge in [0.15, 0.2) is 18.1 Å². The lowest BCUT2D eigenvalue weighted by Crippen LogP contribution is -2.34. The van der Waals surface area contributed by atoms with Gasteiger partial charge in [0.2, 0.25) is 0 Å². The zero-order chi connectivity index (χ0) is 26.1. The number of aromatic carboxylic acids is 1. The van der Waals surface area contributed by atoms with E-state index in [-0.39, 0.29) is 36.1 Å². The number of carboxylic acids is 1. The van der Waals surface area contributed by atoms with Crippen molar-refractivity contribution >= 4 is 11.9 Å². The highest BCUT2D eigenvalue weighted by Gasteiger charge is 2.22. The second-order valence-corrected chi connectivity index (χ2v) is 7.71. The van der Waals surface area contributed by atoms with E-state index in [0.717, 1.165) is 11.1 Å². The highest BCUT2D eigenvalue weighted by atomic mass is 16.5. The van der Waals surface area contributed by atoms with Gasteiger partial charge in [-0.15, -0.1) is 0 Å². The lowest BCUT2D eigenvalue weighted by atomic mass is 10.1. The van der Waals surface area contributed by atoms with Crippen molar-refractivity contribution in [2.45, 2.75) is 13.1 Å². The van der Waals surface area contributed by atoms with Crippen LogP contribution < -0.4 is 23.7 Å². The van der Waals surface area contributed by atoms with Crippen molar-refractivity contribution in [3.8, 4) is 28.7 Å². The van der Waals surface area contributed by atoms with Crippen LogP contribution in [-0.4, -0.2) is 56.9 Å². The Labute approximate surface area is 209 Å². The van der Waals surface area contributed by atoms with E-state index in [2.05, 4.69) is 0 Å². The lowest BCUT2D eigenvalue weighted by molar-refractivity contribution is -0.134. The first-order chi connectivity index (χ1) is 17.4. The average molecular weight is 496 g/mol. The second kappa shape index (κ2) is 12.3. The topological polar surface area (TPSA) is 104 Å². The van der Waals surface area contributed by atoms with E-state index >= 15 is 0 Å². The summed E-state index contributed by atoms with van der Waals surface area (Å²) in [7, 11) is 6.09. The predicted molar refractivity (Wildman–Crippen MR) is 132 cm³/mol. The predicted octanol–water partition coefficient (Wildman–Crippen LogP) is 4.03. The number of benzene rings is 3. The summed E-state index contributed by atoms with van der Waals surface area (Å²) in [6.07, 6.45) is 0. The maximum absolute atomic E-state index is 13.4. The fourth-order valence-electron chi connectivity index (χ4n) is 3.63. The van der Waals surface area contributed by atoms with Crippen LogP contribution >= 0.6 is 0 Å². The fraction of sp³-hybridized carbons (Fsp3) is 0.259. The summed E-state index contributed by atoms with van der Waals surface area (Å²) in [6, 6.07) is 17.3. The first-order valence-corrected chi connectivity index (χ1v) is 11.0. The number of amides is 1. The lowest BCUT2D eigenvalue weighted by Gasteiger charge is -2.25. The molecule has 3 rings (SSSR count). The quantitative estimate of drug-likeness (QED) is 0.402. The van der Waals surface area contributed by atoms with E-state index in [1.807, 2.05) is 30.3 Å². The summed E-state index contributed by atoms with van der Waals surface area (Å²) < 4.78 is 27.0. The molecule has 0 spiro atoms. The number of para-hydroxylation sites is 1. The number of rotatable bonds is 12. The monoisotopic (exact) mass is 495 g/mol. The minimum absolute atomic E-state index is 0.00999. The van der Waals surface area contributed by atoms with Gasteiger partial charge in [0.1, 0.15) is 22.8 Å². The number of carbonyl (C=O) groups is 2. The number of methoxy groups -OCH3 is 4. The van der Waals surface area contributed by atoms with Gasteiger partial charge in [-0.3, -0.25) is 4.79 Å². The number of nitrogens with zero attached hydrogens (tertiary/aromatic N) is 1. The average Bonchev–Trinajstić information content (AvgIpc) is 2.91. The Morgan fingerprint density at radius 2 is 1.47 bits per heavy atom. The Balaban J connectivity index is 1.89. The summed E-state index contributed by atoms with van der Waals surface area (Å²) in [5.41, 5.74) is 1.51. The first-order valence-electron chi connectivity index (χ1n) is 11.0. The molecule has 1 amide bonds. The number of hydrogen-bond acceptors (Lipinski definition) is 7. The van der Waals surface area contributed by atoms with Gasteiger partial charge < -0.3 is 33.7 Å². The van der Waals surface area contributed by atoms with Gasteiger partial charge in [-0.1, -0.05) is 18.2 Å². The molecule has 0 unspecified atom stereocenters. The van der Waals surface area contributed by atoms with Crippen molar-refractivity contribution in [3.05, 3.63) is 77.4 Å². The molecular formula is C27H29NO8. The zero-order valence-corrected chi connectivity index (χ0v) is 20.6. The fourth-order valence-corrected chi connectivity index (χ4v) is 3.63. The molecule has 0 bridgehead atoms. The molecule has 0 atom stereocenters. The molecule has 0 radical (unpaired) electrons. The van der Waals surface area contributed by atoms with Crippen molar-refractivity contribution in [2.75, 3.05) is 35.0 Å². The minimum Gasteiger partial charge on any atom is -0.497 e. The SMILES string of the molecule is COc1cccc(CN(Cc2ccc(OC)cc2OC)C(=O)COc2c(OC)cccc2C(=O)O)c1. The molecule has 3 aromatic rings. The summed E-state index contributed by atoms with van der Waals surface area (Å²) in [5.74, 6) is 0.519. The van der Waals surface area contributed by atoms with Crippen LogP contribution in [-0.2, 0) is 17.9 Å². The molecule has 9 heteroatoms. The molecule has 0 saturated heterocycles. The summed E-state index contributed by atoms with van der Waals surface area (Å²) in [5, 5.41) is 9.53. The van der Waals surface area contributed by atoms with Crippen LogP contribution in [0.4, 0.5) is 0 Å². The van der Waals surface area contributed by atoms with E-state index in [0.29, 0.717) is 17.2 Å². The van der Waals surface area contributed by atoms with Gasteiger partial charge in [-0.25, -0.2) is 4.79 Å². The van der Waals surface area contributed by atoms with E-state index in [1.54, 1.807) is 50.5 Å². The maximum Gasteiger partial charge on any atom is 0.339 e. The molecule has 9 nitrogen and oxygen atoms in total. The molecule has 0 aliphatic heterocycles. The smallest absolute Gasteiger partial charge is 0.339 e. The van der Waals surface area contributed by atoms with Gasteiger partial charge in [-0.05, 0) is 42.0 Å². The van der Waals surface area contributed by atoms with E-state index in [4.69, 9.17) is 23.7 Å². The van der Waals surface area contributed by atoms with Gasteiger partial charge in [0, 0.05) is 24.7 Å². The van der Waals surface area contributed by atoms with Crippen LogP contribution in [0.25, 0.3) is 0 Å². The van der Waals surface area contributed by atoms with Crippen molar-refractivity contribution < 1.29 is 38.4 Å². The molecular weight excluding hydrogens is 466 g/mol. The summed E-state index contributed by atoms with van der Waals surface area (Å²) >= 11 is 0. The number of hydrogen-bond donors (Lipinski definition) is 1. The minimum atomic E-state index is -1.19. The van der Waals surface area contributed by atoms with Crippen LogP contribution in [0.2, 0.25) is 0 Å². The van der Waals surface area contributed by atoms with Crippen molar-refractivity contribution in [1.29, 1.82) is 0 Å². The van der Waals surface area contributed by atoms with Gasteiger partial charge >= 0.3 is 5.97 Å². The third kappa shape index (κ3) is 6.38.